The van der Waals surface area contributed by atoms with E-state index in [1.807, 2.05) is 18.7 Å². The van der Waals surface area contributed by atoms with Crippen LogP contribution in [0.3, 0.4) is 0 Å². The van der Waals surface area contributed by atoms with Crippen LogP contribution < -0.4 is 0 Å². The molecule has 1 amide bonds. The Morgan fingerprint density at radius 2 is 2.08 bits per heavy atom. The molecule has 1 N–H and O–H groups in total. The summed E-state index contributed by atoms with van der Waals surface area (Å²) in [4.78, 5) is 36.4. The number of likely N-dealkylation sites (tertiary alicyclic amines) is 1. The van der Waals surface area contributed by atoms with Gasteiger partial charge in [0.25, 0.3) is 5.91 Å². The van der Waals surface area contributed by atoms with Crippen molar-refractivity contribution >= 4 is 17.2 Å². The zero-order chi connectivity index (χ0) is 18.1. The molecule has 1 aliphatic heterocycles. The molecule has 1 saturated heterocycles. The van der Waals surface area contributed by atoms with Gasteiger partial charge in [-0.25, -0.2) is 15.0 Å². The molecule has 0 radical (unpaired) electrons. The molecule has 3 aromatic heterocycles. The van der Waals surface area contributed by atoms with Crippen LogP contribution in [0.1, 0.15) is 45.5 Å². The predicted octanol–water partition coefficient (Wildman–Crippen LogP) is 2.96. The maximum Gasteiger partial charge on any atom is 0.265 e. The highest BCUT2D eigenvalue weighted by atomic mass is 32.1. The van der Waals surface area contributed by atoms with Gasteiger partial charge in [-0.3, -0.25) is 9.78 Å². The predicted molar refractivity (Wildman–Crippen MR) is 99.1 cm³/mol. The molecule has 26 heavy (non-hydrogen) atoms. The number of hydrogen-bond donors (Lipinski definition) is 1. The second kappa shape index (κ2) is 6.95. The quantitative estimate of drug-likeness (QED) is 0.768. The molecule has 1 aliphatic rings. The maximum absolute atomic E-state index is 12.9. The van der Waals surface area contributed by atoms with E-state index in [4.69, 9.17) is 0 Å². The van der Waals surface area contributed by atoms with Crippen molar-refractivity contribution in [2.24, 2.45) is 0 Å². The van der Waals surface area contributed by atoms with E-state index < -0.39 is 0 Å². The third kappa shape index (κ3) is 3.12. The Morgan fingerprint density at radius 3 is 2.81 bits per heavy atom. The number of carbonyl (C=O) groups is 1. The van der Waals surface area contributed by atoms with Gasteiger partial charge in [0, 0.05) is 43.3 Å². The van der Waals surface area contributed by atoms with Gasteiger partial charge >= 0.3 is 0 Å². The number of thiazole rings is 1. The molecule has 4 heterocycles. The molecule has 3 aromatic rings. The van der Waals surface area contributed by atoms with Gasteiger partial charge in [0.1, 0.15) is 10.6 Å². The Kier molecular flexibility index (Phi) is 4.50. The number of carbonyl (C=O) groups excluding carboxylic acids is 1. The van der Waals surface area contributed by atoms with E-state index in [2.05, 4.69) is 24.9 Å². The molecule has 8 heteroatoms. The smallest absolute Gasteiger partial charge is 0.265 e. The molecule has 1 atom stereocenters. The fourth-order valence-corrected chi connectivity index (χ4v) is 4.17. The molecule has 1 fully saturated rings. The first-order valence-electron chi connectivity index (χ1n) is 8.65. The van der Waals surface area contributed by atoms with Crippen molar-refractivity contribution in [3.63, 3.8) is 0 Å². The highest BCUT2D eigenvalue weighted by Crippen LogP contribution is 2.31. The number of amides is 1. The van der Waals surface area contributed by atoms with E-state index in [0.717, 1.165) is 52.9 Å². The van der Waals surface area contributed by atoms with Crippen LogP contribution in [0.4, 0.5) is 0 Å². The van der Waals surface area contributed by atoms with Gasteiger partial charge in [-0.15, -0.1) is 11.3 Å². The van der Waals surface area contributed by atoms with Crippen molar-refractivity contribution in [2.45, 2.75) is 32.6 Å². The zero-order valence-electron chi connectivity index (χ0n) is 14.8. The number of aromatic amines is 1. The fraction of sp³-hybridized carbons (Fsp3) is 0.389. The largest absolute Gasteiger partial charge is 0.341 e. The maximum atomic E-state index is 12.9. The summed E-state index contributed by atoms with van der Waals surface area (Å²) in [6.07, 6.45) is 7.11. The first kappa shape index (κ1) is 16.8. The number of rotatable bonds is 3. The molecular formula is C18H20N6OS. The SMILES string of the molecule is Cc1cnc(-c2nccnc2[C@H]2CCCN(C(=O)c3scnc3C)C2)[nH]1. The number of hydrogen-bond acceptors (Lipinski definition) is 6. The van der Waals surface area contributed by atoms with Crippen LogP contribution in [0.25, 0.3) is 11.5 Å². The first-order valence-corrected chi connectivity index (χ1v) is 9.53. The molecule has 4 rings (SSSR count). The summed E-state index contributed by atoms with van der Waals surface area (Å²) in [5.41, 5.74) is 5.18. The third-order valence-electron chi connectivity index (χ3n) is 4.69. The lowest BCUT2D eigenvalue weighted by molar-refractivity contribution is 0.0710. The monoisotopic (exact) mass is 368 g/mol. The fourth-order valence-electron chi connectivity index (χ4n) is 3.40. The Balaban J connectivity index is 1.61. The molecule has 0 unspecified atom stereocenters. The lowest BCUT2D eigenvalue weighted by Crippen LogP contribution is -2.39. The highest BCUT2D eigenvalue weighted by molar-refractivity contribution is 7.11. The Bertz CT molecular complexity index is 933. The number of aromatic nitrogens is 5. The number of imidazole rings is 1. The molecule has 0 bridgehead atoms. The summed E-state index contributed by atoms with van der Waals surface area (Å²) in [6, 6.07) is 0. The topological polar surface area (TPSA) is 87.7 Å². The van der Waals surface area contributed by atoms with Crippen molar-refractivity contribution in [1.29, 1.82) is 0 Å². The molecule has 0 saturated carbocycles. The van der Waals surface area contributed by atoms with Gasteiger partial charge in [0.15, 0.2) is 5.82 Å². The Hall–Kier alpha value is -2.61. The van der Waals surface area contributed by atoms with E-state index in [1.54, 1.807) is 24.1 Å². The van der Waals surface area contributed by atoms with Crippen molar-refractivity contribution in [1.82, 2.24) is 29.8 Å². The minimum absolute atomic E-state index is 0.0639. The molecule has 0 spiro atoms. The summed E-state index contributed by atoms with van der Waals surface area (Å²) in [5.74, 6) is 0.941. The molecule has 0 aromatic carbocycles. The number of H-pyrrole nitrogens is 1. The Labute approximate surface area is 155 Å². The number of nitrogens with one attached hydrogen (secondary N) is 1. The molecule has 134 valence electrons. The van der Waals surface area contributed by atoms with Crippen LogP contribution in [-0.2, 0) is 0 Å². The van der Waals surface area contributed by atoms with Gasteiger partial charge in [-0.05, 0) is 26.7 Å². The highest BCUT2D eigenvalue weighted by Gasteiger charge is 2.30. The van der Waals surface area contributed by atoms with E-state index in [1.165, 1.54) is 11.3 Å². The minimum Gasteiger partial charge on any atom is -0.341 e. The average molecular weight is 368 g/mol. The number of piperidine rings is 1. The van der Waals surface area contributed by atoms with E-state index in [0.29, 0.717) is 6.54 Å². The number of nitrogens with zero attached hydrogens (tertiary/aromatic N) is 5. The van der Waals surface area contributed by atoms with Crippen molar-refractivity contribution < 1.29 is 4.79 Å². The summed E-state index contributed by atoms with van der Waals surface area (Å²) >= 11 is 1.41. The van der Waals surface area contributed by atoms with Crippen LogP contribution in [0, 0.1) is 13.8 Å². The summed E-state index contributed by atoms with van der Waals surface area (Å²) in [7, 11) is 0. The first-order chi connectivity index (χ1) is 12.6. The van der Waals surface area contributed by atoms with Gasteiger partial charge < -0.3 is 9.88 Å². The Morgan fingerprint density at radius 1 is 1.23 bits per heavy atom. The standard InChI is InChI=1S/C18H20N6OS/c1-11-8-21-17(23-11)15-14(19-5-6-20-15)13-4-3-7-24(9-13)18(25)16-12(2)22-10-26-16/h5-6,8,10,13H,3-4,7,9H2,1-2H3,(H,21,23)/t13-/m0/s1. The van der Waals surface area contributed by atoms with Gasteiger partial charge in [-0.1, -0.05) is 0 Å². The van der Waals surface area contributed by atoms with E-state index in [-0.39, 0.29) is 11.8 Å². The number of aryl methyl sites for hydroxylation is 2. The average Bonchev–Trinajstić information content (AvgIpc) is 3.29. The molecular weight excluding hydrogens is 348 g/mol. The van der Waals surface area contributed by atoms with Crippen LogP contribution >= 0.6 is 11.3 Å². The van der Waals surface area contributed by atoms with E-state index >= 15 is 0 Å². The minimum atomic E-state index is 0.0639. The normalized spacial score (nSPS) is 17.5. The van der Waals surface area contributed by atoms with Gasteiger partial charge in [0.05, 0.1) is 16.9 Å². The van der Waals surface area contributed by atoms with Crippen LogP contribution in [0.15, 0.2) is 24.1 Å². The third-order valence-corrected chi connectivity index (χ3v) is 5.61. The van der Waals surface area contributed by atoms with Crippen molar-refractivity contribution in [2.75, 3.05) is 13.1 Å². The summed E-state index contributed by atoms with van der Waals surface area (Å²) in [5, 5.41) is 0. The van der Waals surface area contributed by atoms with Crippen molar-refractivity contribution in [3.8, 4) is 11.5 Å². The van der Waals surface area contributed by atoms with Gasteiger partial charge in [-0.2, -0.15) is 0 Å². The van der Waals surface area contributed by atoms with Crippen molar-refractivity contribution in [3.05, 3.63) is 46.1 Å². The summed E-state index contributed by atoms with van der Waals surface area (Å²) in [6.45, 7) is 5.25. The van der Waals surface area contributed by atoms with Crippen LogP contribution in [-0.4, -0.2) is 48.8 Å². The zero-order valence-corrected chi connectivity index (χ0v) is 15.6. The van der Waals surface area contributed by atoms with E-state index in [9.17, 15) is 4.79 Å². The van der Waals surface area contributed by atoms with Crippen LogP contribution in [0.2, 0.25) is 0 Å². The van der Waals surface area contributed by atoms with Crippen LogP contribution in [0.5, 0.6) is 0 Å². The molecule has 0 aliphatic carbocycles. The lowest BCUT2D eigenvalue weighted by Gasteiger charge is -2.32. The molecule has 7 nitrogen and oxygen atoms in total. The lowest BCUT2D eigenvalue weighted by atomic mass is 9.92. The second-order valence-electron chi connectivity index (χ2n) is 6.56. The second-order valence-corrected chi connectivity index (χ2v) is 7.42. The summed E-state index contributed by atoms with van der Waals surface area (Å²) < 4.78 is 0. The van der Waals surface area contributed by atoms with Gasteiger partial charge in [0.2, 0.25) is 0 Å².